The van der Waals surface area contributed by atoms with Crippen molar-refractivity contribution in [3.05, 3.63) is 82.2 Å². The van der Waals surface area contributed by atoms with Crippen LogP contribution in [0.1, 0.15) is 16.0 Å². The van der Waals surface area contributed by atoms with Crippen LogP contribution in [0.4, 0.5) is 0 Å². The Balaban J connectivity index is 1.57. The van der Waals surface area contributed by atoms with Crippen LogP contribution in [0, 0.1) is 0 Å². The van der Waals surface area contributed by atoms with E-state index in [9.17, 15) is 4.79 Å². The Hall–Kier alpha value is -3.25. The molecule has 2 heterocycles. The molecule has 0 radical (unpaired) electrons. The quantitative estimate of drug-likeness (QED) is 0.452. The van der Waals surface area contributed by atoms with Crippen molar-refractivity contribution >= 4 is 28.1 Å². The van der Waals surface area contributed by atoms with Crippen LogP contribution in [-0.4, -0.2) is 24.7 Å². The van der Waals surface area contributed by atoms with Crippen LogP contribution in [-0.2, 0) is 24.3 Å². The highest BCUT2D eigenvalue weighted by Gasteiger charge is 2.13. The van der Waals surface area contributed by atoms with Gasteiger partial charge in [-0.15, -0.1) is 11.3 Å². The van der Waals surface area contributed by atoms with Gasteiger partial charge in [0.1, 0.15) is 11.5 Å². The van der Waals surface area contributed by atoms with E-state index in [1.165, 1.54) is 0 Å². The van der Waals surface area contributed by atoms with Gasteiger partial charge in [0.15, 0.2) is 0 Å². The van der Waals surface area contributed by atoms with Crippen molar-refractivity contribution in [3.8, 4) is 11.5 Å². The minimum absolute atomic E-state index is 0.0225. The Labute approximate surface area is 179 Å². The number of nitrogens with zero attached hydrogens (tertiary/aromatic N) is 1. The average Bonchev–Trinajstić information content (AvgIpc) is 3.41. The molecular weight excluding hydrogens is 396 g/mol. The second kappa shape index (κ2) is 9.05. The molecule has 0 aliphatic heterocycles. The van der Waals surface area contributed by atoms with Gasteiger partial charge in [-0.1, -0.05) is 24.3 Å². The maximum absolute atomic E-state index is 12.5. The van der Waals surface area contributed by atoms with E-state index >= 15 is 0 Å². The Morgan fingerprint density at radius 2 is 1.80 bits per heavy atom. The number of methoxy groups -OCH3 is 2. The zero-order valence-electron chi connectivity index (χ0n) is 17.1. The number of fused-ring (bicyclic) bond motifs is 1. The molecule has 0 spiro atoms. The molecule has 1 N–H and O–H groups in total. The topological polar surface area (TPSA) is 52.5 Å². The molecule has 0 atom stereocenters. The molecule has 0 aliphatic carbocycles. The van der Waals surface area contributed by atoms with Crippen LogP contribution in [0.25, 0.3) is 10.9 Å². The highest BCUT2D eigenvalue weighted by Crippen LogP contribution is 2.26. The van der Waals surface area contributed by atoms with Gasteiger partial charge in [0.2, 0.25) is 5.91 Å². The van der Waals surface area contributed by atoms with Crippen LogP contribution in [0.5, 0.6) is 11.5 Å². The standard InChI is InChI=1S/C24H24N2O3S/c1-28-19-10-17(11-20(13-19)29-2)15-26-16-18(22-7-3-4-8-23(22)26)12-24(27)25-14-21-6-5-9-30-21/h3-11,13,16H,12,14-15H2,1-2H3,(H,25,27). The molecule has 4 aromatic rings. The summed E-state index contributed by atoms with van der Waals surface area (Å²) in [6, 6.07) is 18.1. The largest absolute Gasteiger partial charge is 0.497 e. The number of carbonyl (C=O) groups is 1. The third kappa shape index (κ3) is 4.49. The number of thiophene rings is 1. The summed E-state index contributed by atoms with van der Waals surface area (Å²) in [5.74, 6) is 1.54. The van der Waals surface area contributed by atoms with Crippen LogP contribution < -0.4 is 14.8 Å². The Bertz CT molecular complexity index is 1130. The zero-order chi connectivity index (χ0) is 20.9. The Kier molecular flexibility index (Phi) is 6.05. The van der Waals surface area contributed by atoms with Crippen molar-refractivity contribution < 1.29 is 14.3 Å². The fourth-order valence-electron chi connectivity index (χ4n) is 3.58. The first kappa shape index (κ1) is 20.0. The Morgan fingerprint density at radius 1 is 1.03 bits per heavy atom. The molecule has 0 unspecified atom stereocenters. The van der Waals surface area contributed by atoms with Crippen molar-refractivity contribution in [3.63, 3.8) is 0 Å². The summed E-state index contributed by atoms with van der Waals surface area (Å²) in [7, 11) is 3.30. The third-order valence-electron chi connectivity index (χ3n) is 5.03. The predicted octanol–water partition coefficient (Wildman–Crippen LogP) is 4.63. The van der Waals surface area contributed by atoms with Gasteiger partial charge in [-0.3, -0.25) is 4.79 Å². The van der Waals surface area contributed by atoms with Gasteiger partial charge in [-0.05, 0) is 40.8 Å². The Morgan fingerprint density at radius 3 is 2.50 bits per heavy atom. The summed E-state index contributed by atoms with van der Waals surface area (Å²) < 4.78 is 13.0. The van der Waals surface area contributed by atoms with Gasteiger partial charge >= 0.3 is 0 Å². The minimum atomic E-state index is 0.0225. The molecule has 6 heteroatoms. The first-order valence-electron chi connectivity index (χ1n) is 9.74. The van der Waals surface area contributed by atoms with E-state index in [2.05, 4.69) is 28.2 Å². The highest BCUT2D eigenvalue weighted by atomic mass is 32.1. The van der Waals surface area contributed by atoms with E-state index in [1.807, 2.05) is 47.8 Å². The maximum Gasteiger partial charge on any atom is 0.224 e. The van der Waals surface area contributed by atoms with Crippen molar-refractivity contribution in [2.45, 2.75) is 19.5 Å². The molecule has 0 aliphatic rings. The van der Waals surface area contributed by atoms with Crippen molar-refractivity contribution in [2.75, 3.05) is 14.2 Å². The fourth-order valence-corrected chi connectivity index (χ4v) is 4.23. The minimum Gasteiger partial charge on any atom is -0.497 e. The van der Waals surface area contributed by atoms with E-state index in [1.54, 1.807) is 25.6 Å². The molecule has 0 bridgehead atoms. The van der Waals surface area contributed by atoms with Crippen LogP contribution >= 0.6 is 11.3 Å². The lowest BCUT2D eigenvalue weighted by Gasteiger charge is -2.10. The number of nitrogens with one attached hydrogen (secondary N) is 1. The summed E-state index contributed by atoms with van der Waals surface area (Å²) in [6.07, 6.45) is 2.42. The van der Waals surface area contributed by atoms with Gasteiger partial charge in [-0.2, -0.15) is 0 Å². The highest BCUT2D eigenvalue weighted by molar-refractivity contribution is 7.09. The molecule has 30 heavy (non-hydrogen) atoms. The molecule has 4 rings (SSSR count). The van der Waals surface area contributed by atoms with Gasteiger partial charge in [0.25, 0.3) is 0 Å². The first-order valence-corrected chi connectivity index (χ1v) is 10.6. The van der Waals surface area contributed by atoms with E-state index in [-0.39, 0.29) is 5.91 Å². The number of amides is 1. The lowest BCUT2D eigenvalue weighted by atomic mass is 10.1. The second-order valence-corrected chi connectivity index (χ2v) is 8.09. The van der Waals surface area contributed by atoms with E-state index < -0.39 is 0 Å². The van der Waals surface area contributed by atoms with Gasteiger partial charge < -0.3 is 19.4 Å². The number of rotatable bonds is 8. The molecule has 1 amide bonds. The fraction of sp³-hybridized carbons (Fsp3) is 0.208. The summed E-state index contributed by atoms with van der Waals surface area (Å²) in [6.45, 7) is 1.23. The number of para-hydroxylation sites is 1. The molecule has 0 saturated heterocycles. The van der Waals surface area contributed by atoms with Gasteiger partial charge in [-0.25, -0.2) is 0 Å². The van der Waals surface area contributed by atoms with Crippen LogP contribution in [0.2, 0.25) is 0 Å². The smallest absolute Gasteiger partial charge is 0.224 e. The van der Waals surface area contributed by atoms with Crippen LogP contribution in [0.15, 0.2) is 66.2 Å². The van der Waals surface area contributed by atoms with Crippen molar-refractivity contribution in [1.29, 1.82) is 0 Å². The van der Waals surface area contributed by atoms with E-state index in [4.69, 9.17) is 9.47 Å². The summed E-state index contributed by atoms with van der Waals surface area (Å²) in [5, 5.41) is 6.13. The monoisotopic (exact) mass is 420 g/mol. The molecular formula is C24H24N2O3S. The van der Waals surface area contributed by atoms with Crippen molar-refractivity contribution in [2.24, 2.45) is 0 Å². The number of benzene rings is 2. The first-order chi connectivity index (χ1) is 14.7. The van der Waals surface area contributed by atoms with Gasteiger partial charge in [0.05, 0.1) is 27.2 Å². The summed E-state index contributed by atoms with van der Waals surface area (Å²) >= 11 is 1.65. The third-order valence-corrected chi connectivity index (χ3v) is 5.90. The summed E-state index contributed by atoms with van der Waals surface area (Å²) in [5.41, 5.74) is 3.19. The average molecular weight is 421 g/mol. The number of ether oxygens (including phenoxy) is 2. The lowest BCUT2D eigenvalue weighted by molar-refractivity contribution is -0.120. The van der Waals surface area contributed by atoms with E-state index in [0.717, 1.165) is 38.4 Å². The number of carbonyl (C=O) groups excluding carboxylic acids is 1. The molecule has 2 aromatic heterocycles. The van der Waals surface area contributed by atoms with Gasteiger partial charge in [0, 0.05) is 34.6 Å². The molecule has 2 aromatic carbocycles. The number of hydrogen-bond acceptors (Lipinski definition) is 4. The normalized spacial score (nSPS) is 10.9. The van der Waals surface area contributed by atoms with Crippen molar-refractivity contribution in [1.82, 2.24) is 9.88 Å². The SMILES string of the molecule is COc1cc(Cn2cc(CC(=O)NCc3cccs3)c3ccccc32)cc(OC)c1. The number of aromatic nitrogens is 1. The molecule has 0 saturated carbocycles. The number of hydrogen-bond donors (Lipinski definition) is 1. The van der Waals surface area contributed by atoms with E-state index in [0.29, 0.717) is 19.5 Å². The molecule has 0 fully saturated rings. The molecule has 5 nitrogen and oxygen atoms in total. The predicted molar refractivity (Wildman–Crippen MR) is 120 cm³/mol. The maximum atomic E-state index is 12.5. The zero-order valence-corrected chi connectivity index (χ0v) is 17.9. The molecule has 154 valence electrons. The lowest BCUT2D eigenvalue weighted by Crippen LogP contribution is -2.24. The second-order valence-electron chi connectivity index (χ2n) is 7.05. The van der Waals surface area contributed by atoms with Crippen LogP contribution in [0.3, 0.4) is 0 Å². The summed E-state index contributed by atoms with van der Waals surface area (Å²) in [4.78, 5) is 13.7.